The fourth-order valence-electron chi connectivity index (χ4n) is 3.27. The third-order valence-electron chi connectivity index (χ3n) is 4.71. The standard InChI is InChI=1S/C22H20N2O3S/c1-26-17-8-3-6-15(12-17)19-14-20(21-10-5-11-28-21)24(23-19)22(25)16-7-4-9-18(13-16)27-2/h3-13,20H,14H2,1-2H3/t20-/m1/s1. The van der Waals surface area contributed by atoms with E-state index in [1.807, 2.05) is 53.9 Å². The first-order valence-corrected chi connectivity index (χ1v) is 9.80. The van der Waals surface area contributed by atoms with E-state index in [2.05, 4.69) is 0 Å². The molecule has 2 heterocycles. The van der Waals surface area contributed by atoms with E-state index < -0.39 is 0 Å². The summed E-state index contributed by atoms with van der Waals surface area (Å²) in [5, 5.41) is 8.33. The molecule has 1 atom stereocenters. The molecule has 1 aliphatic rings. The van der Waals surface area contributed by atoms with Crippen LogP contribution in [-0.4, -0.2) is 30.8 Å². The number of benzene rings is 2. The summed E-state index contributed by atoms with van der Waals surface area (Å²) >= 11 is 1.63. The number of ether oxygens (including phenoxy) is 2. The van der Waals surface area contributed by atoms with Crippen LogP contribution in [0.3, 0.4) is 0 Å². The zero-order valence-electron chi connectivity index (χ0n) is 15.7. The first-order valence-electron chi connectivity index (χ1n) is 8.92. The first-order chi connectivity index (χ1) is 13.7. The molecule has 0 bridgehead atoms. The van der Waals surface area contributed by atoms with Crippen LogP contribution in [0.25, 0.3) is 0 Å². The Morgan fingerprint density at radius 1 is 1.04 bits per heavy atom. The number of hydrazone groups is 1. The number of carbonyl (C=O) groups excluding carboxylic acids is 1. The van der Waals surface area contributed by atoms with E-state index in [4.69, 9.17) is 14.6 Å². The highest BCUT2D eigenvalue weighted by molar-refractivity contribution is 7.10. The predicted molar refractivity (Wildman–Crippen MR) is 110 cm³/mol. The molecule has 1 aliphatic heterocycles. The van der Waals surface area contributed by atoms with Crippen molar-refractivity contribution in [2.45, 2.75) is 12.5 Å². The molecule has 0 aliphatic carbocycles. The molecular weight excluding hydrogens is 372 g/mol. The van der Waals surface area contributed by atoms with Crippen LogP contribution in [0.4, 0.5) is 0 Å². The van der Waals surface area contributed by atoms with Crippen molar-refractivity contribution >= 4 is 23.0 Å². The highest BCUT2D eigenvalue weighted by Crippen LogP contribution is 2.36. The Balaban J connectivity index is 1.72. The maximum Gasteiger partial charge on any atom is 0.274 e. The Morgan fingerprint density at radius 2 is 1.79 bits per heavy atom. The molecule has 5 nitrogen and oxygen atoms in total. The van der Waals surface area contributed by atoms with Gasteiger partial charge in [-0.05, 0) is 41.8 Å². The van der Waals surface area contributed by atoms with E-state index in [-0.39, 0.29) is 11.9 Å². The van der Waals surface area contributed by atoms with Gasteiger partial charge in [0.25, 0.3) is 5.91 Å². The summed E-state index contributed by atoms with van der Waals surface area (Å²) in [6, 6.07) is 18.9. The molecular formula is C22H20N2O3S. The molecule has 0 N–H and O–H groups in total. The van der Waals surface area contributed by atoms with Gasteiger partial charge in [0, 0.05) is 22.4 Å². The molecule has 0 unspecified atom stereocenters. The molecule has 0 saturated carbocycles. The second kappa shape index (κ2) is 7.86. The number of amides is 1. The minimum atomic E-state index is -0.143. The van der Waals surface area contributed by atoms with E-state index in [1.54, 1.807) is 42.7 Å². The van der Waals surface area contributed by atoms with Crippen molar-refractivity contribution in [1.29, 1.82) is 0 Å². The van der Waals surface area contributed by atoms with Crippen molar-refractivity contribution in [3.8, 4) is 11.5 Å². The molecule has 2 aromatic carbocycles. The van der Waals surface area contributed by atoms with Crippen molar-refractivity contribution in [2.75, 3.05) is 14.2 Å². The minimum absolute atomic E-state index is 0.125. The normalized spacial score (nSPS) is 16.0. The van der Waals surface area contributed by atoms with Gasteiger partial charge in [0.05, 0.1) is 26.0 Å². The van der Waals surface area contributed by atoms with Crippen molar-refractivity contribution < 1.29 is 14.3 Å². The average Bonchev–Trinajstić information content (AvgIpc) is 3.43. The lowest BCUT2D eigenvalue weighted by atomic mass is 10.0. The highest BCUT2D eigenvalue weighted by atomic mass is 32.1. The fraction of sp³-hybridized carbons (Fsp3) is 0.182. The molecule has 0 spiro atoms. The Morgan fingerprint density at radius 3 is 2.50 bits per heavy atom. The highest BCUT2D eigenvalue weighted by Gasteiger charge is 2.34. The van der Waals surface area contributed by atoms with Gasteiger partial charge in [-0.25, -0.2) is 5.01 Å². The Bertz CT molecular complexity index is 1010. The Kier molecular flexibility index (Phi) is 5.12. The number of carbonyl (C=O) groups is 1. The lowest BCUT2D eigenvalue weighted by molar-refractivity contribution is 0.0713. The molecule has 0 radical (unpaired) electrons. The quantitative estimate of drug-likeness (QED) is 0.629. The molecule has 28 heavy (non-hydrogen) atoms. The van der Waals surface area contributed by atoms with Gasteiger partial charge in [-0.15, -0.1) is 11.3 Å². The van der Waals surface area contributed by atoms with E-state index in [0.717, 1.165) is 21.9 Å². The SMILES string of the molecule is COc1cccc(C(=O)N2N=C(c3cccc(OC)c3)C[C@@H]2c2cccs2)c1. The number of hydrogen-bond acceptors (Lipinski definition) is 5. The van der Waals surface area contributed by atoms with Crippen LogP contribution in [0.1, 0.15) is 33.3 Å². The molecule has 142 valence electrons. The summed E-state index contributed by atoms with van der Waals surface area (Å²) in [5.74, 6) is 1.27. The summed E-state index contributed by atoms with van der Waals surface area (Å²) in [5.41, 5.74) is 2.38. The Labute approximate surface area is 167 Å². The third-order valence-corrected chi connectivity index (χ3v) is 5.68. The maximum absolute atomic E-state index is 13.3. The summed E-state index contributed by atoms with van der Waals surface area (Å²) in [4.78, 5) is 14.4. The molecule has 1 aromatic heterocycles. The largest absolute Gasteiger partial charge is 0.497 e. The summed E-state index contributed by atoms with van der Waals surface area (Å²) in [6.45, 7) is 0. The van der Waals surface area contributed by atoms with Crippen molar-refractivity contribution in [3.05, 3.63) is 82.0 Å². The number of rotatable bonds is 5. The fourth-order valence-corrected chi connectivity index (χ4v) is 4.08. The second-order valence-electron chi connectivity index (χ2n) is 6.40. The van der Waals surface area contributed by atoms with Gasteiger partial charge in [0.1, 0.15) is 11.5 Å². The van der Waals surface area contributed by atoms with Crippen LogP contribution in [0, 0.1) is 0 Å². The van der Waals surface area contributed by atoms with E-state index in [9.17, 15) is 4.79 Å². The second-order valence-corrected chi connectivity index (χ2v) is 7.37. The van der Waals surface area contributed by atoms with Gasteiger partial charge in [-0.3, -0.25) is 4.79 Å². The molecule has 0 saturated heterocycles. The zero-order chi connectivity index (χ0) is 19.5. The smallest absolute Gasteiger partial charge is 0.274 e. The van der Waals surface area contributed by atoms with Crippen LogP contribution in [0.5, 0.6) is 11.5 Å². The third kappa shape index (κ3) is 3.51. The van der Waals surface area contributed by atoms with E-state index >= 15 is 0 Å². The number of nitrogens with zero attached hydrogens (tertiary/aromatic N) is 2. The zero-order valence-corrected chi connectivity index (χ0v) is 16.5. The monoisotopic (exact) mass is 392 g/mol. The topological polar surface area (TPSA) is 51.1 Å². The van der Waals surface area contributed by atoms with E-state index in [0.29, 0.717) is 17.7 Å². The van der Waals surface area contributed by atoms with Crippen LogP contribution in [0.2, 0.25) is 0 Å². The molecule has 3 aromatic rings. The molecule has 4 rings (SSSR count). The van der Waals surface area contributed by atoms with Gasteiger partial charge in [-0.2, -0.15) is 5.10 Å². The van der Waals surface area contributed by atoms with Gasteiger partial charge >= 0.3 is 0 Å². The number of hydrogen-bond donors (Lipinski definition) is 0. The van der Waals surface area contributed by atoms with Gasteiger partial charge in [0.15, 0.2) is 0 Å². The summed E-state index contributed by atoms with van der Waals surface area (Å²) < 4.78 is 10.6. The van der Waals surface area contributed by atoms with E-state index in [1.165, 1.54) is 0 Å². The van der Waals surface area contributed by atoms with Crippen molar-refractivity contribution in [1.82, 2.24) is 5.01 Å². The van der Waals surface area contributed by atoms with Gasteiger partial charge < -0.3 is 9.47 Å². The van der Waals surface area contributed by atoms with Crippen molar-refractivity contribution in [3.63, 3.8) is 0 Å². The van der Waals surface area contributed by atoms with Crippen LogP contribution in [-0.2, 0) is 0 Å². The van der Waals surface area contributed by atoms with Crippen LogP contribution < -0.4 is 9.47 Å². The summed E-state index contributed by atoms with van der Waals surface area (Å²) in [6.07, 6.45) is 0.656. The minimum Gasteiger partial charge on any atom is -0.497 e. The van der Waals surface area contributed by atoms with Gasteiger partial charge in [0.2, 0.25) is 0 Å². The lowest BCUT2D eigenvalue weighted by Crippen LogP contribution is -2.26. The summed E-state index contributed by atoms with van der Waals surface area (Å²) in [7, 11) is 3.23. The van der Waals surface area contributed by atoms with Gasteiger partial charge in [-0.1, -0.05) is 24.3 Å². The molecule has 6 heteroatoms. The van der Waals surface area contributed by atoms with Crippen molar-refractivity contribution in [2.24, 2.45) is 5.10 Å². The first kappa shape index (κ1) is 18.3. The predicted octanol–water partition coefficient (Wildman–Crippen LogP) is 4.76. The van der Waals surface area contributed by atoms with Crippen LogP contribution >= 0.6 is 11.3 Å². The number of methoxy groups -OCH3 is 2. The number of thiophene rings is 1. The molecule has 0 fully saturated rings. The Hall–Kier alpha value is -3.12. The lowest BCUT2D eigenvalue weighted by Gasteiger charge is -2.20. The maximum atomic E-state index is 13.3. The van der Waals surface area contributed by atoms with Crippen LogP contribution in [0.15, 0.2) is 71.1 Å². The average molecular weight is 392 g/mol. The molecule has 1 amide bonds.